The Morgan fingerprint density at radius 2 is 2.12 bits per heavy atom. The van der Waals surface area contributed by atoms with Crippen molar-refractivity contribution in [2.75, 3.05) is 12.9 Å². The van der Waals surface area contributed by atoms with Crippen LogP contribution < -0.4 is 5.56 Å². The van der Waals surface area contributed by atoms with Gasteiger partial charge in [-0.15, -0.1) is 0 Å². The number of carbonyl (C=O) groups is 1. The van der Waals surface area contributed by atoms with E-state index in [4.69, 9.17) is 0 Å². The lowest BCUT2D eigenvalue weighted by Gasteiger charge is -2.12. The molecule has 0 atom stereocenters. The largest absolute Gasteiger partial charge is 0.468 e. The smallest absolute Gasteiger partial charge is 0.325 e. The van der Waals surface area contributed by atoms with E-state index in [2.05, 4.69) is 14.8 Å². The zero-order valence-corrected chi connectivity index (χ0v) is 13.9. The van der Waals surface area contributed by atoms with Crippen molar-refractivity contribution in [2.24, 2.45) is 0 Å². The Morgan fingerprint density at radius 1 is 1.29 bits per heavy atom. The molecular formula is C16H16N4O3S. The number of hydrogen-bond donors (Lipinski definition) is 0. The zero-order valence-electron chi connectivity index (χ0n) is 13.1. The fraction of sp³-hybridized carbons (Fsp3) is 0.250. The van der Waals surface area contributed by atoms with Crippen LogP contribution in [-0.2, 0) is 22.6 Å². The maximum Gasteiger partial charge on any atom is 0.325 e. The van der Waals surface area contributed by atoms with Crippen LogP contribution in [0.3, 0.4) is 0 Å². The molecule has 0 aliphatic carbocycles. The van der Waals surface area contributed by atoms with E-state index in [0.29, 0.717) is 28.4 Å². The molecule has 0 bridgehead atoms. The van der Waals surface area contributed by atoms with Gasteiger partial charge in [-0.3, -0.25) is 18.8 Å². The van der Waals surface area contributed by atoms with E-state index < -0.39 is 5.97 Å². The van der Waals surface area contributed by atoms with Gasteiger partial charge in [-0.05, 0) is 18.2 Å². The third-order valence-corrected chi connectivity index (χ3v) is 4.41. The van der Waals surface area contributed by atoms with Gasteiger partial charge < -0.3 is 4.74 Å². The predicted octanol–water partition coefficient (Wildman–Crippen LogP) is 1.56. The highest BCUT2D eigenvalue weighted by Crippen LogP contribution is 2.18. The highest BCUT2D eigenvalue weighted by atomic mass is 32.2. The van der Waals surface area contributed by atoms with Crippen LogP contribution in [0, 0.1) is 0 Å². The molecule has 0 aliphatic rings. The number of methoxy groups -OCH3 is 1. The van der Waals surface area contributed by atoms with Gasteiger partial charge in [0.15, 0.2) is 5.16 Å². The molecule has 2 heterocycles. The summed E-state index contributed by atoms with van der Waals surface area (Å²) in [6, 6.07) is 8.95. The Labute approximate surface area is 142 Å². The van der Waals surface area contributed by atoms with E-state index in [1.54, 1.807) is 29.1 Å². The molecule has 0 saturated carbocycles. The number of hydrogen-bond acceptors (Lipinski definition) is 6. The molecule has 0 unspecified atom stereocenters. The number of ether oxygens (including phenoxy) is 1. The van der Waals surface area contributed by atoms with Gasteiger partial charge in [0.1, 0.15) is 6.54 Å². The summed E-state index contributed by atoms with van der Waals surface area (Å²) in [6.45, 7) is 0.524. The zero-order chi connectivity index (χ0) is 16.9. The first-order chi connectivity index (χ1) is 11.7. The molecular weight excluding hydrogens is 328 g/mol. The number of nitrogens with zero attached hydrogens (tertiary/aromatic N) is 4. The summed E-state index contributed by atoms with van der Waals surface area (Å²) in [5.41, 5.74) is 0.373. The van der Waals surface area contributed by atoms with Crippen molar-refractivity contribution in [3.8, 4) is 0 Å². The van der Waals surface area contributed by atoms with Crippen LogP contribution in [0.5, 0.6) is 0 Å². The van der Waals surface area contributed by atoms with E-state index >= 15 is 0 Å². The molecule has 0 saturated heterocycles. The lowest BCUT2D eigenvalue weighted by Crippen LogP contribution is -2.27. The molecule has 0 fully saturated rings. The van der Waals surface area contributed by atoms with E-state index in [0.717, 1.165) is 0 Å². The minimum absolute atomic E-state index is 0.155. The number of aromatic nitrogens is 4. The van der Waals surface area contributed by atoms with Crippen molar-refractivity contribution < 1.29 is 9.53 Å². The van der Waals surface area contributed by atoms with Crippen LogP contribution in [0.15, 0.2) is 52.7 Å². The van der Waals surface area contributed by atoms with E-state index in [-0.39, 0.29) is 12.1 Å². The van der Waals surface area contributed by atoms with Gasteiger partial charge in [0.2, 0.25) is 0 Å². The second-order valence-electron chi connectivity index (χ2n) is 5.00. The lowest BCUT2D eigenvalue weighted by atomic mass is 10.2. The molecule has 0 spiro atoms. The van der Waals surface area contributed by atoms with Gasteiger partial charge in [-0.1, -0.05) is 23.9 Å². The molecule has 0 amide bonds. The first-order valence-corrected chi connectivity index (χ1v) is 8.34. The Balaban J connectivity index is 1.92. The summed E-state index contributed by atoms with van der Waals surface area (Å²) >= 11 is 1.41. The number of para-hydroxylation sites is 1. The molecule has 8 heteroatoms. The molecule has 7 nitrogen and oxygen atoms in total. The summed E-state index contributed by atoms with van der Waals surface area (Å²) in [6.07, 6.45) is 3.59. The summed E-state index contributed by atoms with van der Waals surface area (Å²) in [5, 5.41) is 5.12. The quantitative estimate of drug-likeness (QED) is 0.384. The van der Waals surface area contributed by atoms with E-state index in [9.17, 15) is 9.59 Å². The number of esters is 1. The number of aryl methyl sites for hydroxylation is 1. The molecule has 2 aromatic heterocycles. The molecule has 3 aromatic rings. The summed E-state index contributed by atoms with van der Waals surface area (Å²) < 4.78 is 7.86. The van der Waals surface area contributed by atoms with Gasteiger partial charge in [0, 0.05) is 18.1 Å². The molecule has 24 heavy (non-hydrogen) atoms. The molecule has 3 rings (SSSR count). The summed E-state index contributed by atoms with van der Waals surface area (Å²) in [5.74, 6) is 0.191. The average molecular weight is 344 g/mol. The minimum Gasteiger partial charge on any atom is -0.468 e. The number of thioether (sulfide) groups is 1. The van der Waals surface area contributed by atoms with Crippen molar-refractivity contribution in [3.05, 3.63) is 53.1 Å². The Kier molecular flexibility index (Phi) is 4.95. The van der Waals surface area contributed by atoms with Gasteiger partial charge >= 0.3 is 5.97 Å². The number of benzene rings is 1. The fourth-order valence-electron chi connectivity index (χ4n) is 2.25. The minimum atomic E-state index is -0.483. The molecule has 124 valence electrons. The molecule has 0 aliphatic heterocycles. The van der Waals surface area contributed by atoms with Gasteiger partial charge in [-0.2, -0.15) is 5.10 Å². The topological polar surface area (TPSA) is 79.0 Å². The van der Waals surface area contributed by atoms with Crippen molar-refractivity contribution in [2.45, 2.75) is 18.2 Å². The van der Waals surface area contributed by atoms with Crippen LogP contribution in [0.1, 0.15) is 0 Å². The number of carbonyl (C=O) groups excluding carboxylic acids is 1. The maximum absolute atomic E-state index is 12.7. The van der Waals surface area contributed by atoms with Crippen molar-refractivity contribution in [3.63, 3.8) is 0 Å². The molecule has 0 radical (unpaired) electrons. The van der Waals surface area contributed by atoms with Gasteiger partial charge in [0.25, 0.3) is 5.56 Å². The normalized spacial score (nSPS) is 10.9. The fourth-order valence-corrected chi connectivity index (χ4v) is 3.18. The molecule has 0 N–H and O–H groups in total. The van der Waals surface area contributed by atoms with Crippen LogP contribution in [0.4, 0.5) is 0 Å². The Hall–Kier alpha value is -2.61. The Morgan fingerprint density at radius 3 is 2.88 bits per heavy atom. The maximum atomic E-state index is 12.7. The molecule has 1 aromatic carbocycles. The van der Waals surface area contributed by atoms with Gasteiger partial charge in [0.05, 0.1) is 24.6 Å². The highest BCUT2D eigenvalue weighted by Gasteiger charge is 2.14. The standard InChI is InChI=1S/C16H16N4O3S/c1-23-14(21)11-20-15(22)12-5-2-3-6-13(12)18-16(20)24-10-9-19-8-4-7-17-19/h2-8H,9-11H2,1H3. The van der Waals surface area contributed by atoms with Gasteiger partial charge in [-0.25, -0.2) is 4.98 Å². The number of rotatable bonds is 6. The van der Waals surface area contributed by atoms with E-state index in [1.165, 1.54) is 23.4 Å². The highest BCUT2D eigenvalue weighted by molar-refractivity contribution is 7.99. The van der Waals surface area contributed by atoms with Crippen molar-refractivity contribution >= 4 is 28.6 Å². The predicted molar refractivity (Wildman–Crippen MR) is 91.0 cm³/mol. The van der Waals surface area contributed by atoms with Crippen molar-refractivity contribution in [1.29, 1.82) is 0 Å². The van der Waals surface area contributed by atoms with Crippen LogP contribution >= 0.6 is 11.8 Å². The third-order valence-electron chi connectivity index (χ3n) is 3.45. The van der Waals surface area contributed by atoms with Crippen LogP contribution in [0.25, 0.3) is 10.9 Å². The Bertz CT molecular complexity index is 905. The first kappa shape index (κ1) is 16.3. The van der Waals surface area contributed by atoms with Crippen LogP contribution in [0.2, 0.25) is 0 Å². The van der Waals surface area contributed by atoms with E-state index in [1.807, 2.05) is 18.3 Å². The monoisotopic (exact) mass is 344 g/mol. The second kappa shape index (κ2) is 7.31. The first-order valence-electron chi connectivity index (χ1n) is 7.35. The van der Waals surface area contributed by atoms with Crippen LogP contribution in [-0.4, -0.2) is 38.2 Å². The third kappa shape index (κ3) is 3.48. The second-order valence-corrected chi connectivity index (χ2v) is 6.06. The summed E-state index contributed by atoms with van der Waals surface area (Å²) in [4.78, 5) is 28.9. The number of fused-ring (bicyclic) bond motifs is 1. The summed E-state index contributed by atoms with van der Waals surface area (Å²) in [7, 11) is 1.30. The SMILES string of the molecule is COC(=O)Cn1c(SCCn2cccn2)nc2ccccc2c1=O. The van der Waals surface area contributed by atoms with Crippen molar-refractivity contribution in [1.82, 2.24) is 19.3 Å². The average Bonchev–Trinajstić information content (AvgIpc) is 3.11. The lowest BCUT2D eigenvalue weighted by molar-refractivity contribution is -0.141.